The molecule has 0 bridgehead atoms. The Bertz CT molecular complexity index is 228. The molecule has 3 N–H and O–H groups in total. The van der Waals surface area contributed by atoms with Gasteiger partial charge in [-0.1, -0.05) is 13.0 Å². The minimum Gasteiger partial charge on any atom is -0.392 e. The Labute approximate surface area is 63.2 Å². The fourth-order valence-electron chi connectivity index (χ4n) is 0.711. The van der Waals surface area contributed by atoms with E-state index in [1.165, 1.54) is 0 Å². The quantitative estimate of drug-likeness (QED) is 0.569. The zero-order valence-corrected chi connectivity index (χ0v) is 6.69. The van der Waals surface area contributed by atoms with Crippen molar-refractivity contribution in [1.29, 1.82) is 0 Å². The molecule has 56 valence electrons. The highest BCUT2D eigenvalue weighted by molar-refractivity contribution is 8.13. The van der Waals surface area contributed by atoms with Gasteiger partial charge >= 0.3 is 0 Å². The second kappa shape index (κ2) is 3.03. The first kappa shape index (κ1) is 7.57. The highest BCUT2D eigenvalue weighted by atomic mass is 32.2. The van der Waals surface area contributed by atoms with Gasteiger partial charge in [-0.25, -0.2) is 0 Å². The van der Waals surface area contributed by atoms with Crippen molar-refractivity contribution < 1.29 is 4.55 Å². The van der Waals surface area contributed by atoms with Crippen molar-refractivity contribution in [2.45, 2.75) is 13.3 Å². The van der Waals surface area contributed by atoms with Crippen LogP contribution >= 0.6 is 10.8 Å². The number of hydrogen-bond acceptors (Lipinski definition) is 2. The lowest BCUT2D eigenvalue weighted by Gasteiger charge is -2.06. The van der Waals surface area contributed by atoms with Gasteiger partial charge in [0.25, 0.3) is 0 Å². The lowest BCUT2D eigenvalue weighted by atomic mass is 10.2. The summed E-state index contributed by atoms with van der Waals surface area (Å²) in [5, 5.41) is 2.35. The molecule has 0 radical (unpaired) electrons. The average molecular weight is 157 g/mol. The van der Waals surface area contributed by atoms with E-state index in [2.05, 4.69) is 6.92 Å². The van der Waals surface area contributed by atoms with Crippen LogP contribution in [-0.2, 0) is 0 Å². The molecule has 1 aliphatic heterocycles. The molecule has 1 unspecified atom stereocenters. The molecule has 2 nitrogen and oxygen atoms in total. The van der Waals surface area contributed by atoms with Crippen LogP contribution in [0.15, 0.2) is 22.8 Å². The summed E-state index contributed by atoms with van der Waals surface area (Å²) in [5.41, 5.74) is 6.60. The zero-order chi connectivity index (χ0) is 7.56. The van der Waals surface area contributed by atoms with E-state index in [0.717, 1.165) is 12.0 Å². The van der Waals surface area contributed by atoms with Gasteiger partial charge in [-0.3, -0.25) is 0 Å². The Balaban J connectivity index is 2.89. The van der Waals surface area contributed by atoms with Crippen LogP contribution < -0.4 is 5.73 Å². The summed E-state index contributed by atoms with van der Waals surface area (Å²) < 4.78 is 9.22. The van der Waals surface area contributed by atoms with Crippen LogP contribution in [0.4, 0.5) is 0 Å². The minimum absolute atomic E-state index is 0.553. The molecule has 0 spiro atoms. The second-order valence-electron chi connectivity index (χ2n) is 2.10. The van der Waals surface area contributed by atoms with Crippen molar-refractivity contribution in [2.75, 3.05) is 0 Å². The molecule has 0 aromatic rings. The average Bonchev–Trinajstić information content (AvgIpc) is 1.95. The first-order valence-electron chi connectivity index (χ1n) is 3.17. The van der Waals surface area contributed by atoms with Crippen LogP contribution in [0.25, 0.3) is 0 Å². The lowest BCUT2D eigenvalue weighted by Crippen LogP contribution is -1.99. The molecular weight excluding hydrogens is 146 g/mol. The SMILES string of the molecule is CCC1=CC=C(N)S(O)=C1. The highest BCUT2D eigenvalue weighted by Crippen LogP contribution is 2.20. The lowest BCUT2D eigenvalue weighted by molar-refractivity contribution is 0.665. The summed E-state index contributed by atoms with van der Waals surface area (Å²) in [6.07, 6.45) is 4.66. The summed E-state index contributed by atoms with van der Waals surface area (Å²) in [5.74, 6) is 0. The Kier molecular flexibility index (Phi) is 2.29. The summed E-state index contributed by atoms with van der Waals surface area (Å²) in [6, 6.07) is 0. The van der Waals surface area contributed by atoms with Crippen molar-refractivity contribution >= 4 is 16.1 Å². The van der Waals surface area contributed by atoms with E-state index in [-0.39, 0.29) is 0 Å². The smallest absolute Gasteiger partial charge is 0.0851 e. The van der Waals surface area contributed by atoms with Crippen LogP contribution in [-0.4, -0.2) is 9.92 Å². The summed E-state index contributed by atoms with van der Waals surface area (Å²) in [7, 11) is -0.819. The third-order valence-electron chi connectivity index (χ3n) is 1.37. The molecule has 0 aromatic heterocycles. The van der Waals surface area contributed by atoms with Crippen molar-refractivity contribution in [1.82, 2.24) is 0 Å². The van der Waals surface area contributed by atoms with Gasteiger partial charge in [0.1, 0.15) is 0 Å². The minimum atomic E-state index is -0.819. The molecule has 0 saturated carbocycles. The van der Waals surface area contributed by atoms with Gasteiger partial charge in [-0.15, -0.1) is 0 Å². The van der Waals surface area contributed by atoms with Gasteiger partial charge in [-0.2, -0.15) is 0 Å². The van der Waals surface area contributed by atoms with Crippen molar-refractivity contribution in [3.05, 3.63) is 22.8 Å². The maximum Gasteiger partial charge on any atom is 0.0851 e. The van der Waals surface area contributed by atoms with Crippen molar-refractivity contribution in [2.24, 2.45) is 5.73 Å². The number of nitrogens with two attached hydrogens (primary N) is 1. The first-order valence-corrected chi connectivity index (χ1v) is 4.42. The molecule has 0 fully saturated rings. The highest BCUT2D eigenvalue weighted by Gasteiger charge is 1.99. The van der Waals surface area contributed by atoms with E-state index < -0.39 is 10.8 Å². The number of allylic oxidation sites excluding steroid dienone is 3. The molecule has 0 saturated heterocycles. The second-order valence-corrected chi connectivity index (χ2v) is 3.43. The molecule has 1 atom stereocenters. The summed E-state index contributed by atoms with van der Waals surface area (Å²) in [4.78, 5) is 0. The van der Waals surface area contributed by atoms with Crippen LogP contribution in [0.1, 0.15) is 13.3 Å². The predicted molar refractivity (Wildman–Crippen MR) is 46.9 cm³/mol. The Hall–Kier alpha value is -0.540. The topological polar surface area (TPSA) is 46.2 Å². The van der Waals surface area contributed by atoms with Gasteiger partial charge < -0.3 is 10.3 Å². The monoisotopic (exact) mass is 157 g/mol. The van der Waals surface area contributed by atoms with Crippen LogP contribution in [0.2, 0.25) is 0 Å². The third kappa shape index (κ3) is 1.49. The Morgan fingerprint density at radius 1 is 1.60 bits per heavy atom. The van der Waals surface area contributed by atoms with E-state index in [1.807, 2.05) is 6.08 Å². The van der Waals surface area contributed by atoms with Crippen molar-refractivity contribution in [3.63, 3.8) is 0 Å². The molecule has 1 rings (SSSR count). The number of rotatable bonds is 1. The fraction of sp³-hybridized carbons (Fsp3) is 0.286. The molecule has 0 amide bonds. The van der Waals surface area contributed by atoms with Gasteiger partial charge in [0.2, 0.25) is 0 Å². The fourth-order valence-corrected chi connectivity index (χ4v) is 1.59. The normalized spacial score (nSPS) is 24.8. The molecule has 0 aliphatic carbocycles. The predicted octanol–water partition coefficient (Wildman–Crippen LogP) is 1.68. The first-order chi connectivity index (χ1) is 4.74. The molecular formula is C7H11NOS. The zero-order valence-electron chi connectivity index (χ0n) is 5.87. The van der Waals surface area contributed by atoms with Gasteiger partial charge in [0, 0.05) is 0 Å². The maximum atomic E-state index is 9.22. The largest absolute Gasteiger partial charge is 0.392 e. The number of hydrogen-bond donors (Lipinski definition) is 2. The van der Waals surface area contributed by atoms with Gasteiger partial charge in [0.05, 0.1) is 5.03 Å². The van der Waals surface area contributed by atoms with Gasteiger partial charge in [0.15, 0.2) is 0 Å². The van der Waals surface area contributed by atoms with Crippen LogP contribution in [0.5, 0.6) is 0 Å². The molecule has 1 aliphatic rings. The van der Waals surface area contributed by atoms with Crippen LogP contribution in [0.3, 0.4) is 0 Å². The molecule has 10 heavy (non-hydrogen) atoms. The van der Waals surface area contributed by atoms with E-state index in [4.69, 9.17) is 5.73 Å². The maximum absolute atomic E-state index is 9.22. The van der Waals surface area contributed by atoms with Crippen molar-refractivity contribution in [3.8, 4) is 0 Å². The Morgan fingerprint density at radius 2 is 2.30 bits per heavy atom. The van der Waals surface area contributed by atoms with E-state index in [0.29, 0.717) is 5.03 Å². The molecule has 0 aromatic carbocycles. The van der Waals surface area contributed by atoms with E-state index >= 15 is 0 Å². The Morgan fingerprint density at radius 3 is 2.80 bits per heavy atom. The van der Waals surface area contributed by atoms with E-state index in [9.17, 15) is 4.55 Å². The third-order valence-corrected chi connectivity index (χ3v) is 2.52. The standard InChI is InChI=1S/C7H11NOS/c1-2-6-3-4-7(8)10(9)5-6/h3-5,9H,2,8H2,1H3. The van der Waals surface area contributed by atoms with Gasteiger partial charge in [-0.05, 0) is 34.2 Å². The van der Waals surface area contributed by atoms with E-state index in [1.54, 1.807) is 11.4 Å². The molecule has 3 heteroatoms. The summed E-state index contributed by atoms with van der Waals surface area (Å²) >= 11 is 0. The summed E-state index contributed by atoms with van der Waals surface area (Å²) in [6.45, 7) is 2.05. The van der Waals surface area contributed by atoms with Crippen LogP contribution in [0, 0.1) is 0 Å². The molecule has 1 heterocycles.